The lowest BCUT2D eigenvalue weighted by atomic mass is 9.45. The second-order valence-corrected chi connectivity index (χ2v) is 20.9. The first kappa shape index (κ1) is 48.9. The molecule has 358 valence electrons. The van der Waals surface area contributed by atoms with Gasteiger partial charge in [-0.25, -0.2) is 0 Å². The van der Waals surface area contributed by atoms with Gasteiger partial charge in [-0.1, -0.05) is 155 Å². The van der Waals surface area contributed by atoms with Crippen molar-refractivity contribution in [1.82, 2.24) is 16.0 Å². The molecule has 0 heterocycles. The van der Waals surface area contributed by atoms with E-state index in [1.54, 1.807) is 6.08 Å². The summed E-state index contributed by atoms with van der Waals surface area (Å²) < 4.78 is 0. The molecule has 3 saturated carbocycles. The first-order valence-corrected chi connectivity index (χ1v) is 24.5. The van der Waals surface area contributed by atoms with E-state index >= 15 is 0 Å². The second-order valence-electron chi connectivity index (χ2n) is 20.9. The minimum Gasteiger partial charge on any atom is -0.393 e. The number of aliphatic hydroxyl groups excluding tert-OH is 2. The number of carbonyl (C=O) groups excluding carboxylic acids is 5. The summed E-state index contributed by atoms with van der Waals surface area (Å²) in [7, 11) is 0. The monoisotopic (exact) mass is 921 g/mol. The number of rotatable bonds is 17. The zero-order valence-electron chi connectivity index (χ0n) is 39.7. The second kappa shape index (κ2) is 19.8. The average molecular weight is 922 g/mol. The Balaban J connectivity index is 1.00. The molecule has 2 amide bonds. The van der Waals surface area contributed by atoms with E-state index in [9.17, 15) is 39.3 Å². The van der Waals surface area contributed by atoms with Gasteiger partial charge in [-0.15, -0.1) is 0 Å². The number of amides is 2. The van der Waals surface area contributed by atoms with Crippen molar-refractivity contribution in [2.45, 2.75) is 121 Å². The maximum Gasteiger partial charge on any atom is 0.242 e. The number of aliphatic hydroxyl groups is 3. The molecule has 4 aromatic rings. The van der Waals surface area contributed by atoms with E-state index in [0.29, 0.717) is 32.1 Å². The smallest absolute Gasteiger partial charge is 0.242 e. The highest BCUT2D eigenvalue weighted by atomic mass is 16.4. The molecule has 11 nitrogen and oxygen atoms in total. The van der Waals surface area contributed by atoms with Gasteiger partial charge in [-0.05, 0) is 109 Å². The summed E-state index contributed by atoms with van der Waals surface area (Å²) in [5.41, 5.74) is 0.217. The number of hydrogen-bond donors (Lipinski definition) is 6. The fourth-order valence-electron chi connectivity index (χ4n) is 13.0. The molecule has 4 aliphatic rings. The maximum absolute atomic E-state index is 14.9. The van der Waals surface area contributed by atoms with E-state index in [4.69, 9.17) is 0 Å². The molecule has 0 bridgehead atoms. The third-order valence-corrected chi connectivity index (χ3v) is 16.5. The van der Waals surface area contributed by atoms with Gasteiger partial charge in [-0.2, -0.15) is 0 Å². The van der Waals surface area contributed by atoms with E-state index in [0.717, 1.165) is 27.8 Å². The van der Waals surface area contributed by atoms with Gasteiger partial charge in [0.1, 0.15) is 17.7 Å². The van der Waals surface area contributed by atoms with Gasteiger partial charge in [0.2, 0.25) is 23.4 Å². The minimum atomic E-state index is -2.08. The predicted octanol–water partition coefficient (Wildman–Crippen LogP) is 6.56. The Morgan fingerprint density at radius 1 is 0.750 bits per heavy atom. The quantitative estimate of drug-likeness (QED) is 0.0505. The molecule has 11 heteroatoms. The zero-order chi connectivity index (χ0) is 48.4. The van der Waals surface area contributed by atoms with Crippen molar-refractivity contribution in [1.29, 1.82) is 0 Å². The highest BCUT2D eigenvalue weighted by molar-refractivity contribution is 6.40. The van der Waals surface area contributed by atoms with E-state index in [1.807, 2.05) is 142 Å². The van der Waals surface area contributed by atoms with Crippen LogP contribution in [0.4, 0.5) is 0 Å². The van der Waals surface area contributed by atoms with Gasteiger partial charge in [0, 0.05) is 11.8 Å². The number of ketones is 3. The summed E-state index contributed by atoms with van der Waals surface area (Å²) in [6.07, 6.45) is 2.49. The number of carbonyl (C=O) groups is 5. The number of benzene rings is 4. The Morgan fingerprint density at radius 2 is 1.31 bits per heavy atom. The standard InChI is InChI=1S/C57H67N3O8/c1-36(2)31-45(59-53(67)46(32-37-17-9-5-10-18-37)60-57(38-19-11-6-12-20-38,39-21-13-7-14-22-39)40-23-15-8-16-24-40)52(66)58-35-48(63)50(64)51(65)56(68)30-28-44-43-26-25-41-33-42(61)27-29-54(41,3)49(43)47(62)34-55(44,56)4/h5-24,33,36,43-47,49,51,60,62,65,68H,25-32,34-35H2,1-4H3,(H,58,66)(H,59,67)/t43-,44-,45-,46-,47+,49+,51?,54-,55-,56-/m0/s1. The van der Waals surface area contributed by atoms with Crippen molar-refractivity contribution < 1.29 is 39.3 Å². The first-order valence-electron chi connectivity index (χ1n) is 24.5. The lowest BCUT2D eigenvalue weighted by Gasteiger charge is -2.61. The molecular formula is C57H67N3O8. The first-order chi connectivity index (χ1) is 32.5. The molecule has 0 aliphatic heterocycles. The Bertz CT molecular complexity index is 2400. The van der Waals surface area contributed by atoms with Gasteiger partial charge in [0.05, 0.1) is 24.2 Å². The molecular weight excluding hydrogens is 855 g/mol. The molecule has 8 rings (SSSR count). The van der Waals surface area contributed by atoms with Crippen molar-refractivity contribution >= 4 is 29.2 Å². The Hall–Kier alpha value is -5.59. The Labute approximate surface area is 400 Å². The van der Waals surface area contributed by atoms with Crippen LogP contribution in [0.1, 0.15) is 101 Å². The van der Waals surface area contributed by atoms with E-state index in [-0.39, 0.29) is 60.6 Å². The molecule has 10 atom stereocenters. The zero-order valence-corrected chi connectivity index (χ0v) is 39.7. The summed E-state index contributed by atoms with van der Waals surface area (Å²) in [5.74, 6) is -3.63. The fourth-order valence-corrected chi connectivity index (χ4v) is 13.0. The van der Waals surface area contributed by atoms with Crippen LogP contribution in [-0.2, 0) is 35.9 Å². The van der Waals surface area contributed by atoms with Crippen LogP contribution in [0.25, 0.3) is 0 Å². The third kappa shape index (κ3) is 9.06. The lowest BCUT2D eigenvalue weighted by molar-refractivity contribution is -0.202. The van der Waals surface area contributed by atoms with Gasteiger partial charge >= 0.3 is 0 Å². The Morgan fingerprint density at radius 3 is 1.87 bits per heavy atom. The fraction of sp³-hybridized carbons (Fsp3) is 0.456. The predicted molar refractivity (Wildman–Crippen MR) is 260 cm³/mol. The van der Waals surface area contributed by atoms with E-state index in [1.165, 1.54) is 0 Å². The minimum absolute atomic E-state index is 0.00699. The van der Waals surface area contributed by atoms with Crippen LogP contribution in [-0.4, -0.2) is 80.9 Å². The summed E-state index contributed by atoms with van der Waals surface area (Å²) in [6, 6.07) is 37.4. The highest BCUT2D eigenvalue weighted by Crippen LogP contribution is 2.68. The van der Waals surface area contributed by atoms with Crippen LogP contribution >= 0.6 is 0 Å². The molecule has 0 spiro atoms. The number of Topliss-reactive ketones (excluding diaryl/α,β-unsaturated/α-hetero) is 2. The number of nitrogens with one attached hydrogen (secondary N) is 3. The number of hydrogen-bond acceptors (Lipinski definition) is 9. The van der Waals surface area contributed by atoms with E-state index < -0.39 is 70.8 Å². The summed E-state index contributed by atoms with van der Waals surface area (Å²) >= 11 is 0. The molecule has 0 saturated heterocycles. The van der Waals surface area contributed by atoms with Crippen LogP contribution in [0.5, 0.6) is 0 Å². The van der Waals surface area contributed by atoms with Crippen molar-refractivity contribution in [2.24, 2.45) is 34.5 Å². The lowest BCUT2D eigenvalue weighted by Crippen LogP contribution is -2.64. The van der Waals surface area contributed by atoms with Crippen LogP contribution in [0, 0.1) is 34.5 Å². The summed E-state index contributed by atoms with van der Waals surface area (Å²) in [4.78, 5) is 69.0. The third-order valence-electron chi connectivity index (χ3n) is 16.5. The van der Waals surface area contributed by atoms with Crippen LogP contribution < -0.4 is 16.0 Å². The molecule has 0 radical (unpaired) electrons. The largest absolute Gasteiger partial charge is 0.393 e. The maximum atomic E-state index is 14.9. The van der Waals surface area contributed by atoms with Gasteiger partial charge in [0.25, 0.3) is 0 Å². The van der Waals surface area contributed by atoms with Crippen LogP contribution in [0.2, 0.25) is 0 Å². The van der Waals surface area contributed by atoms with Gasteiger partial charge in [-0.3, -0.25) is 29.3 Å². The molecule has 4 aromatic carbocycles. The van der Waals surface area contributed by atoms with E-state index in [2.05, 4.69) is 22.9 Å². The van der Waals surface area contributed by atoms with Crippen LogP contribution in [0.15, 0.2) is 133 Å². The summed E-state index contributed by atoms with van der Waals surface area (Å²) in [5, 5.41) is 45.3. The van der Waals surface area contributed by atoms with Crippen molar-refractivity contribution in [2.75, 3.05) is 6.54 Å². The molecule has 3 fully saturated rings. The van der Waals surface area contributed by atoms with Crippen molar-refractivity contribution in [3.8, 4) is 0 Å². The normalized spacial score (nSPS) is 27.9. The highest BCUT2D eigenvalue weighted by Gasteiger charge is 2.69. The van der Waals surface area contributed by atoms with Crippen molar-refractivity contribution in [3.05, 3.63) is 155 Å². The summed E-state index contributed by atoms with van der Waals surface area (Å²) in [6.45, 7) is 7.03. The van der Waals surface area contributed by atoms with Gasteiger partial charge in [0.15, 0.2) is 5.78 Å². The molecule has 6 N–H and O–H groups in total. The van der Waals surface area contributed by atoms with Crippen molar-refractivity contribution in [3.63, 3.8) is 0 Å². The average Bonchev–Trinajstić information content (AvgIpc) is 3.61. The SMILES string of the molecule is CC(C)C[C@H](NC(=O)[C@H](Cc1ccccc1)NC(c1ccccc1)(c1ccccc1)c1ccccc1)C(=O)NCC(=O)C(=O)C(O)[C@@]1(O)CC[C@H]2[C@@H]3CCC4=CC(=O)CC[C@]4(C)[C@H]3[C@H](O)C[C@@]21C. The van der Waals surface area contributed by atoms with Gasteiger partial charge < -0.3 is 26.0 Å². The molecule has 68 heavy (non-hydrogen) atoms. The molecule has 1 unspecified atom stereocenters. The topological polar surface area (TPSA) is 182 Å². The Kier molecular flexibility index (Phi) is 14.2. The number of fused-ring (bicyclic) bond motifs is 5. The van der Waals surface area contributed by atoms with Crippen LogP contribution in [0.3, 0.4) is 0 Å². The molecule has 0 aromatic heterocycles. The molecule has 4 aliphatic carbocycles. The number of allylic oxidation sites excluding steroid dienone is 1.